The molecule has 2 aromatic carbocycles. The van der Waals surface area contributed by atoms with E-state index in [1.807, 2.05) is 4.90 Å². The normalized spacial score (nSPS) is 28.2. The molecule has 2 aromatic rings. The van der Waals surface area contributed by atoms with Crippen molar-refractivity contribution in [1.82, 2.24) is 9.80 Å². The fraction of sp³-hybridized carbons (Fsp3) is 0.536. The number of nitrogens with zero attached hydrogens (tertiary/aromatic N) is 3. The molecule has 1 saturated carbocycles. The van der Waals surface area contributed by atoms with E-state index < -0.39 is 4.92 Å². The predicted octanol–water partition coefficient (Wildman–Crippen LogP) is 4.61. The quantitative estimate of drug-likeness (QED) is 0.513. The van der Waals surface area contributed by atoms with Crippen molar-refractivity contribution in [2.24, 2.45) is 5.41 Å². The lowest BCUT2D eigenvalue weighted by molar-refractivity contribution is -0.384. The first-order valence-electron chi connectivity index (χ1n) is 12.9. The standard InChI is InChI=1S/C28H35N3O4/c32-26-19-28(14-4-16-30(20-28)27(33)23-7-9-24(10-8-23)31(34)35)15-11-25(26)29-17-12-22(13-18-29)21-5-2-1-3-6-21/h1-3,5-10,22,25-26,32H,4,11-20H2/t25-,26-,28-/m0/s1. The minimum absolute atomic E-state index is 0.00842. The predicted molar refractivity (Wildman–Crippen MR) is 134 cm³/mol. The lowest BCUT2D eigenvalue weighted by Gasteiger charge is -2.51. The summed E-state index contributed by atoms with van der Waals surface area (Å²) in [5.41, 5.74) is 1.87. The number of piperidine rings is 2. The molecule has 3 fully saturated rings. The summed E-state index contributed by atoms with van der Waals surface area (Å²) in [6, 6.07) is 16.8. The fourth-order valence-electron chi connectivity index (χ4n) is 6.70. The summed E-state index contributed by atoms with van der Waals surface area (Å²) in [7, 11) is 0. The van der Waals surface area contributed by atoms with Crippen LogP contribution < -0.4 is 0 Å². The van der Waals surface area contributed by atoms with Crippen molar-refractivity contribution in [3.05, 3.63) is 75.8 Å². The third kappa shape index (κ3) is 5.11. The Morgan fingerprint density at radius 3 is 2.34 bits per heavy atom. The van der Waals surface area contributed by atoms with E-state index in [-0.39, 0.29) is 29.2 Å². The van der Waals surface area contributed by atoms with E-state index in [0.29, 0.717) is 24.6 Å². The van der Waals surface area contributed by atoms with Crippen LogP contribution in [0.25, 0.3) is 0 Å². The molecule has 5 rings (SSSR count). The molecule has 2 saturated heterocycles. The van der Waals surface area contributed by atoms with Gasteiger partial charge in [0.05, 0.1) is 11.0 Å². The van der Waals surface area contributed by atoms with Gasteiger partial charge >= 0.3 is 0 Å². The van der Waals surface area contributed by atoms with Crippen molar-refractivity contribution >= 4 is 11.6 Å². The summed E-state index contributed by atoms with van der Waals surface area (Å²) < 4.78 is 0. The van der Waals surface area contributed by atoms with Crippen molar-refractivity contribution < 1.29 is 14.8 Å². The van der Waals surface area contributed by atoms with E-state index in [2.05, 4.69) is 35.2 Å². The molecular weight excluding hydrogens is 442 g/mol. The first kappa shape index (κ1) is 23.9. The van der Waals surface area contributed by atoms with Crippen LogP contribution in [0.15, 0.2) is 54.6 Å². The zero-order valence-corrected chi connectivity index (χ0v) is 20.2. The van der Waals surface area contributed by atoms with E-state index in [9.17, 15) is 20.0 Å². The monoisotopic (exact) mass is 477 g/mol. The van der Waals surface area contributed by atoms with Gasteiger partial charge in [-0.25, -0.2) is 0 Å². The lowest BCUT2D eigenvalue weighted by atomic mass is 9.66. The van der Waals surface area contributed by atoms with Crippen LogP contribution in [-0.4, -0.2) is 64.1 Å². The highest BCUT2D eigenvalue weighted by Crippen LogP contribution is 2.45. The van der Waals surface area contributed by atoms with Gasteiger partial charge in [-0.05, 0) is 87.1 Å². The molecule has 7 heteroatoms. The number of hydrogen-bond donors (Lipinski definition) is 1. The second kappa shape index (κ2) is 10.1. The minimum Gasteiger partial charge on any atom is -0.391 e. The Hall–Kier alpha value is -2.77. The van der Waals surface area contributed by atoms with Gasteiger partial charge in [0.15, 0.2) is 0 Å². The molecule has 1 aliphatic carbocycles. The highest BCUT2D eigenvalue weighted by molar-refractivity contribution is 5.94. The van der Waals surface area contributed by atoms with Gasteiger partial charge in [0.2, 0.25) is 0 Å². The smallest absolute Gasteiger partial charge is 0.269 e. The van der Waals surface area contributed by atoms with E-state index in [1.54, 1.807) is 12.1 Å². The number of nitro groups is 1. The number of likely N-dealkylation sites (tertiary alicyclic amines) is 2. The van der Waals surface area contributed by atoms with Crippen LogP contribution in [0.4, 0.5) is 5.69 Å². The molecule has 2 heterocycles. The van der Waals surface area contributed by atoms with Gasteiger partial charge in [0, 0.05) is 36.8 Å². The number of carbonyl (C=O) groups excluding carboxylic acids is 1. The molecule has 0 unspecified atom stereocenters. The molecule has 3 aliphatic rings. The number of aliphatic hydroxyl groups excluding tert-OH is 1. The molecular formula is C28H35N3O4. The Balaban J connectivity index is 1.18. The molecule has 1 N–H and O–H groups in total. The lowest BCUT2D eigenvalue weighted by Crippen LogP contribution is -2.55. The number of rotatable bonds is 4. The maximum absolute atomic E-state index is 13.1. The van der Waals surface area contributed by atoms with Gasteiger partial charge in [-0.3, -0.25) is 19.8 Å². The van der Waals surface area contributed by atoms with Crippen molar-refractivity contribution in [3.63, 3.8) is 0 Å². The summed E-state index contributed by atoms with van der Waals surface area (Å²) in [4.78, 5) is 28.0. The van der Waals surface area contributed by atoms with Gasteiger partial charge < -0.3 is 10.0 Å². The number of amides is 1. The van der Waals surface area contributed by atoms with Gasteiger partial charge in [-0.2, -0.15) is 0 Å². The maximum Gasteiger partial charge on any atom is 0.269 e. The average molecular weight is 478 g/mol. The summed E-state index contributed by atoms with van der Waals surface area (Å²) in [5, 5.41) is 22.2. The van der Waals surface area contributed by atoms with Gasteiger partial charge in [-0.1, -0.05) is 30.3 Å². The molecule has 35 heavy (non-hydrogen) atoms. The zero-order valence-electron chi connectivity index (χ0n) is 20.2. The van der Waals surface area contributed by atoms with E-state index >= 15 is 0 Å². The Morgan fingerprint density at radius 2 is 1.69 bits per heavy atom. The van der Waals surface area contributed by atoms with E-state index in [4.69, 9.17) is 0 Å². The SMILES string of the molecule is O=C(c1ccc([N+](=O)[O-])cc1)N1CCC[C@@]2(CC[C@H](N3CCC(c4ccccc4)CC3)[C@@H](O)C2)C1. The maximum atomic E-state index is 13.1. The van der Waals surface area contributed by atoms with Crippen LogP contribution >= 0.6 is 0 Å². The second-order valence-electron chi connectivity index (χ2n) is 10.7. The second-order valence-corrected chi connectivity index (χ2v) is 10.7. The molecule has 3 atom stereocenters. The Morgan fingerprint density at radius 1 is 0.971 bits per heavy atom. The van der Waals surface area contributed by atoms with Crippen LogP contribution in [0.1, 0.15) is 66.8 Å². The largest absolute Gasteiger partial charge is 0.391 e. The van der Waals surface area contributed by atoms with E-state index in [0.717, 1.165) is 58.0 Å². The highest BCUT2D eigenvalue weighted by atomic mass is 16.6. The third-order valence-electron chi connectivity index (χ3n) is 8.60. The van der Waals surface area contributed by atoms with Crippen LogP contribution in [-0.2, 0) is 0 Å². The average Bonchev–Trinajstić information content (AvgIpc) is 2.89. The van der Waals surface area contributed by atoms with Crippen LogP contribution in [0.2, 0.25) is 0 Å². The van der Waals surface area contributed by atoms with Crippen LogP contribution in [0, 0.1) is 15.5 Å². The molecule has 2 aliphatic heterocycles. The zero-order chi connectivity index (χ0) is 24.4. The number of non-ortho nitro benzene ring substituents is 1. The Kier molecular flexibility index (Phi) is 6.89. The highest BCUT2D eigenvalue weighted by Gasteiger charge is 2.45. The van der Waals surface area contributed by atoms with Gasteiger partial charge in [-0.15, -0.1) is 0 Å². The Bertz CT molecular complexity index is 1040. The molecule has 0 aromatic heterocycles. The number of aliphatic hydroxyl groups is 1. The van der Waals surface area contributed by atoms with Gasteiger partial charge in [0.1, 0.15) is 0 Å². The first-order valence-corrected chi connectivity index (χ1v) is 12.9. The van der Waals surface area contributed by atoms with E-state index in [1.165, 1.54) is 17.7 Å². The van der Waals surface area contributed by atoms with Crippen molar-refractivity contribution in [2.75, 3.05) is 26.2 Å². The van der Waals surface area contributed by atoms with Gasteiger partial charge in [0.25, 0.3) is 11.6 Å². The minimum atomic E-state index is -0.450. The molecule has 0 bridgehead atoms. The fourth-order valence-corrected chi connectivity index (χ4v) is 6.70. The molecule has 1 spiro atoms. The van der Waals surface area contributed by atoms with Crippen LogP contribution in [0.3, 0.4) is 0 Å². The van der Waals surface area contributed by atoms with Crippen molar-refractivity contribution in [3.8, 4) is 0 Å². The molecule has 186 valence electrons. The summed E-state index contributed by atoms with van der Waals surface area (Å²) >= 11 is 0. The topological polar surface area (TPSA) is 86.9 Å². The molecule has 1 amide bonds. The van der Waals surface area contributed by atoms with Crippen molar-refractivity contribution in [2.45, 2.75) is 63.0 Å². The number of benzene rings is 2. The summed E-state index contributed by atoms with van der Waals surface area (Å²) in [6.07, 6.45) is 6.60. The number of hydrogen-bond acceptors (Lipinski definition) is 5. The van der Waals surface area contributed by atoms with Crippen molar-refractivity contribution in [1.29, 1.82) is 0 Å². The number of nitro benzene ring substituents is 1. The third-order valence-corrected chi connectivity index (χ3v) is 8.60. The summed E-state index contributed by atoms with van der Waals surface area (Å²) in [5.74, 6) is 0.537. The van der Waals surface area contributed by atoms with Crippen LogP contribution in [0.5, 0.6) is 0 Å². The molecule has 7 nitrogen and oxygen atoms in total. The number of carbonyl (C=O) groups is 1. The summed E-state index contributed by atoms with van der Waals surface area (Å²) in [6.45, 7) is 3.41. The molecule has 0 radical (unpaired) electrons. The Labute approximate surface area is 206 Å². The first-order chi connectivity index (χ1) is 16.9.